The van der Waals surface area contributed by atoms with Crippen molar-refractivity contribution >= 4 is 5.97 Å². The van der Waals surface area contributed by atoms with E-state index in [0.29, 0.717) is 13.0 Å². The first-order valence-electron chi connectivity index (χ1n) is 5.29. The zero-order valence-corrected chi connectivity index (χ0v) is 9.40. The topological polar surface area (TPSA) is 46.5 Å². The molecule has 0 unspecified atom stereocenters. The lowest BCUT2D eigenvalue weighted by Gasteiger charge is -2.10. The van der Waals surface area contributed by atoms with E-state index in [0.717, 1.165) is 17.7 Å². The van der Waals surface area contributed by atoms with Crippen molar-refractivity contribution in [3.05, 3.63) is 42.0 Å². The van der Waals surface area contributed by atoms with Crippen LogP contribution in [0.5, 0.6) is 5.75 Å². The van der Waals surface area contributed by atoms with Crippen LogP contribution in [0.4, 0.5) is 0 Å². The highest BCUT2D eigenvalue weighted by Gasteiger charge is 2.08. The fraction of sp³-hybridized carbons (Fsp3) is 0.308. The van der Waals surface area contributed by atoms with Crippen LogP contribution in [0.2, 0.25) is 0 Å². The van der Waals surface area contributed by atoms with Gasteiger partial charge in [-0.3, -0.25) is 0 Å². The second-order valence-corrected chi connectivity index (χ2v) is 3.47. The first-order chi connectivity index (χ1) is 7.69. The predicted octanol–water partition coefficient (Wildman–Crippen LogP) is 2.90. The number of aromatic carboxylic acids is 1. The Hall–Kier alpha value is -1.77. The quantitative estimate of drug-likeness (QED) is 0.750. The SMILES string of the molecule is C=CCc1cc(C(=O)O)ccc1OCCC. The number of hydrogen-bond donors (Lipinski definition) is 1. The molecule has 0 aliphatic rings. The molecule has 0 heterocycles. The summed E-state index contributed by atoms with van der Waals surface area (Å²) in [6, 6.07) is 4.90. The Kier molecular flexibility index (Phi) is 4.58. The second-order valence-electron chi connectivity index (χ2n) is 3.47. The third-order valence-electron chi connectivity index (χ3n) is 2.13. The van der Waals surface area contributed by atoms with Crippen LogP contribution in [0.25, 0.3) is 0 Å². The fourth-order valence-corrected chi connectivity index (χ4v) is 1.38. The summed E-state index contributed by atoms with van der Waals surface area (Å²) in [6.45, 7) is 6.31. The van der Waals surface area contributed by atoms with Gasteiger partial charge in [-0.15, -0.1) is 6.58 Å². The molecule has 0 saturated carbocycles. The highest BCUT2D eigenvalue weighted by Crippen LogP contribution is 2.21. The van der Waals surface area contributed by atoms with Gasteiger partial charge in [0.1, 0.15) is 5.75 Å². The van der Waals surface area contributed by atoms with Crippen molar-refractivity contribution in [2.45, 2.75) is 19.8 Å². The first-order valence-corrected chi connectivity index (χ1v) is 5.29. The molecule has 0 aliphatic carbocycles. The van der Waals surface area contributed by atoms with Gasteiger partial charge in [-0.25, -0.2) is 4.79 Å². The minimum atomic E-state index is -0.924. The maximum Gasteiger partial charge on any atom is 0.335 e. The molecule has 1 aromatic carbocycles. The average molecular weight is 220 g/mol. The van der Waals surface area contributed by atoms with Gasteiger partial charge in [0.15, 0.2) is 0 Å². The largest absolute Gasteiger partial charge is 0.493 e. The van der Waals surface area contributed by atoms with Crippen molar-refractivity contribution in [1.29, 1.82) is 0 Å². The van der Waals surface area contributed by atoms with Gasteiger partial charge in [0.2, 0.25) is 0 Å². The van der Waals surface area contributed by atoms with Gasteiger partial charge >= 0.3 is 5.97 Å². The maximum atomic E-state index is 10.8. The highest BCUT2D eigenvalue weighted by atomic mass is 16.5. The molecule has 0 atom stereocenters. The van der Waals surface area contributed by atoms with Crippen molar-refractivity contribution in [2.75, 3.05) is 6.61 Å². The molecule has 0 aliphatic heterocycles. The van der Waals surface area contributed by atoms with Crippen LogP contribution in [0.1, 0.15) is 29.3 Å². The minimum Gasteiger partial charge on any atom is -0.493 e. The van der Waals surface area contributed by atoms with Crippen LogP contribution in [0, 0.1) is 0 Å². The number of allylic oxidation sites excluding steroid dienone is 1. The lowest BCUT2D eigenvalue weighted by molar-refractivity contribution is 0.0696. The van der Waals surface area contributed by atoms with E-state index < -0.39 is 5.97 Å². The number of ether oxygens (including phenoxy) is 1. The lowest BCUT2D eigenvalue weighted by atomic mass is 10.1. The summed E-state index contributed by atoms with van der Waals surface area (Å²) in [4.78, 5) is 10.8. The van der Waals surface area contributed by atoms with Gasteiger partial charge in [-0.1, -0.05) is 13.0 Å². The summed E-state index contributed by atoms with van der Waals surface area (Å²) in [5, 5.41) is 8.88. The fourth-order valence-electron chi connectivity index (χ4n) is 1.38. The van der Waals surface area contributed by atoms with E-state index in [9.17, 15) is 4.79 Å². The van der Waals surface area contributed by atoms with E-state index in [1.807, 2.05) is 6.92 Å². The molecule has 0 radical (unpaired) electrons. The Labute approximate surface area is 95.4 Å². The number of carboxylic acid groups (broad SMARTS) is 1. The van der Waals surface area contributed by atoms with Crippen molar-refractivity contribution < 1.29 is 14.6 Å². The van der Waals surface area contributed by atoms with E-state index >= 15 is 0 Å². The van der Waals surface area contributed by atoms with Gasteiger partial charge in [0.25, 0.3) is 0 Å². The molecule has 1 N–H and O–H groups in total. The monoisotopic (exact) mass is 220 g/mol. The summed E-state index contributed by atoms with van der Waals surface area (Å²) in [7, 11) is 0. The number of carbonyl (C=O) groups is 1. The molecule has 0 amide bonds. The first kappa shape index (κ1) is 12.3. The smallest absolute Gasteiger partial charge is 0.335 e. The lowest BCUT2D eigenvalue weighted by Crippen LogP contribution is -2.02. The second kappa shape index (κ2) is 5.95. The summed E-state index contributed by atoms with van der Waals surface area (Å²) >= 11 is 0. The number of hydrogen-bond acceptors (Lipinski definition) is 2. The molecule has 0 bridgehead atoms. The predicted molar refractivity (Wildman–Crippen MR) is 63.1 cm³/mol. The summed E-state index contributed by atoms with van der Waals surface area (Å²) in [5.74, 6) is -0.181. The molecule has 16 heavy (non-hydrogen) atoms. The van der Waals surface area contributed by atoms with E-state index in [1.165, 1.54) is 0 Å². The van der Waals surface area contributed by atoms with E-state index in [1.54, 1.807) is 24.3 Å². The van der Waals surface area contributed by atoms with Gasteiger partial charge in [-0.2, -0.15) is 0 Å². The Balaban J connectivity index is 2.98. The van der Waals surface area contributed by atoms with Crippen LogP contribution < -0.4 is 4.74 Å². The van der Waals surface area contributed by atoms with Crippen LogP contribution >= 0.6 is 0 Å². The molecule has 86 valence electrons. The molecular formula is C13H16O3. The van der Waals surface area contributed by atoms with Crippen LogP contribution in [0.15, 0.2) is 30.9 Å². The molecule has 3 heteroatoms. The third-order valence-corrected chi connectivity index (χ3v) is 2.13. The summed E-state index contributed by atoms with van der Waals surface area (Å²) < 4.78 is 5.53. The summed E-state index contributed by atoms with van der Waals surface area (Å²) in [6.07, 6.45) is 3.27. The molecular weight excluding hydrogens is 204 g/mol. The molecule has 0 aromatic heterocycles. The Bertz CT molecular complexity index is 383. The Morgan fingerprint density at radius 2 is 2.31 bits per heavy atom. The molecule has 3 nitrogen and oxygen atoms in total. The van der Waals surface area contributed by atoms with Crippen LogP contribution in [-0.4, -0.2) is 17.7 Å². The molecule has 1 rings (SSSR count). The summed E-state index contributed by atoms with van der Waals surface area (Å²) in [5.41, 5.74) is 1.14. The minimum absolute atomic E-state index is 0.278. The zero-order valence-electron chi connectivity index (χ0n) is 9.40. The van der Waals surface area contributed by atoms with Crippen molar-refractivity contribution in [3.8, 4) is 5.75 Å². The Morgan fingerprint density at radius 3 is 2.88 bits per heavy atom. The van der Waals surface area contributed by atoms with Gasteiger partial charge in [0, 0.05) is 0 Å². The normalized spacial score (nSPS) is 9.81. The third kappa shape index (κ3) is 3.12. The maximum absolute atomic E-state index is 10.8. The number of rotatable bonds is 6. The highest BCUT2D eigenvalue weighted by molar-refractivity contribution is 5.88. The van der Waals surface area contributed by atoms with Crippen molar-refractivity contribution in [1.82, 2.24) is 0 Å². The molecule has 1 aromatic rings. The molecule has 0 fully saturated rings. The van der Waals surface area contributed by atoms with E-state index in [2.05, 4.69) is 6.58 Å². The Morgan fingerprint density at radius 1 is 1.56 bits per heavy atom. The number of carboxylic acids is 1. The van der Waals surface area contributed by atoms with E-state index in [4.69, 9.17) is 9.84 Å². The van der Waals surface area contributed by atoms with Gasteiger partial charge in [-0.05, 0) is 36.6 Å². The van der Waals surface area contributed by atoms with Crippen molar-refractivity contribution in [2.24, 2.45) is 0 Å². The zero-order chi connectivity index (χ0) is 12.0. The average Bonchev–Trinajstić information content (AvgIpc) is 2.27. The van der Waals surface area contributed by atoms with Gasteiger partial charge < -0.3 is 9.84 Å². The van der Waals surface area contributed by atoms with E-state index in [-0.39, 0.29) is 5.56 Å². The standard InChI is InChI=1S/C13H16O3/c1-3-5-10-9-11(13(14)15)6-7-12(10)16-8-4-2/h3,6-7,9H,1,4-5,8H2,2H3,(H,14,15). The molecule has 0 saturated heterocycles. The number of benzene rings is 1. The van der Waals surface area contributed by atoms with Gasteiger partial charge in [0.05, 0.1) is 12.2 Å². The van der Waals surface area contributed by atoms with Crippen molar-refractivity contribution in [3.63, 3.8) is 0 Å². The molecule has 0 spiro atoms. The van der Waals surface area contributed by atoms with Crippen LogP contribution in [-0.2, 0) is 6.42 Å². The van der Waals surface area contributed by atoms with Crippen LogP contribution in [0.3, 0.4) is 0 Å².